The quantitative estimate of drug-likeness (QED) is 0.603. The van der Waals surface area contributed by atoms with Gasteiger partial charge in [-0.1, -0.05) is 20.3 Å². The molecule has 0 aliphatic heterocycles. The van der Waals surface area contributed by atoms with Crippen LogP contribution in [0.3, 0.4) is 0 Å². The maximum absolute atomic E-state index is 10.7. The summed E-state index contributed by atoms with van der Waals surface area (Å²) >= 11 is 0. The monoisotopic (exact) mass is 215 g/mol. The zero-order valence-corrected chi connectivity index (χ0v) is 9.49. The van der Waals surface area contributed by atoms with Crippen LogP contribution in [0.15, 0.2) is 0 Å². The Morgan fingerprint density at radius 3 is 2.40 bits per heavy atom. The summed E-state index contributed by atoms with van der Waals surface area (Å²) in [6.07, 6.45) is 2.52. The van der Waals surface area contributed by atoms with Gasteiger partial charge in [0.05, 0.1) is 5.54 Å². The van der Waals surface area contributed by atoms with Gasteiger partial charge in [-0.15, -0.1) is 0 Å². The first-order valence-corrected chi connectivity index (χ1v) is 5.47. The number of hydrogen-bond acceptors (Lipinski definition) is 3. The van der Waals surface area contributed by atoms with Crippen molar-refractivity contribution in [2.45, 2.75) is 57.6 Å². The van der Waals surface area contributed by atoms with E-state index in [1.54, 1.807) is 0 Å². The summed E-state index contributed by atoms with van der Waals surface area (Å²) in [5.74, 6) is -1.21. The molecular weight excluding hydrogens is 194 g/mol. The van der Waals surface area contributed by atoms with E-state index in [0.29, 0.717) is 12.8 Å². The van der Waals surface area contributed by atoms with Crippen LogP contribution in [-0.2, 0) is 4.79 Å². The highest BCUT2D eigenvalue weighted by Gasteiger charge is 2.41. The topological polar surface area (TPSA) is 83.5 Å². The van der Waals surface area contributed by atoms with Crippen LogP contribution in [0.4, 0.5) is 0 Å². The highest BCUT2D eigenvalue weighted by molar-refractivity contribution is 5.73. The molecule has 0 saturated heterocycles. The Hall–Kier alpha value is -0.610. The zero-order chi connectivity index (χ0) is 11.7. The summed E-state index contributed by atoms with van der Waals surface area (Å²) in [7, 11) is 0. The third kappa shape index (κ3) is 2.92. The first-order valence-electron chi connectivity index (χ1n) is 5.47. The number of rotatable bonds is 2. The maximum Gasteiger partial charge on any atom is 0.334 e. The summed E-state index contributed by atoms with van der Waals surface area (Å²) in [6.45, 7) is 4.32. The lowest BCUT2D eigenvalue weighted by molar-refractivity contribution is -0.151. The van der Waals surface area contributed by atoms with Crippen molar-refractivity contribution in [3.63, 3.8) is 0 Å². The van der Waals surface area contributed by atoms with E-state index in [1.165, 1.54) is 0 Å². The number of carboxylic acids is 1. The van der Waals surface area contributed by atoms with Crippen LogP contribution in [0.2, 0.25) is 0 Å². The fourth-order valence-electron chi connectivity index (χ4n) is 2.24. The van der Waals surface area contributed by atoms with Crippen LogP contribution in [-0.4, -0.2) is 27.8 Å². The Labute approximate surface area is 90.5 Å². The van der Waals surface area contributed by atoms with Crippen LogP contribution >= 0.6 is 0 Å². The molecule has 0 amide bonds. The lowest BCUT2D eigenvalue weighted by Crippen LogP contribution is -2.54. The Kier molecular flexibility index (Phi) is 3.41. The minimum atomic E-state index is -1.44. The Morgan fingerprint density at radius 1 is 1.27 bits per heavy atom. The SMILES string of the molecule is CC1(C)CCCC(N)(C(O)C(=O)O)CC1. The fraction of sp³-hybridized carbons (Fsp3) is 0.909. The van der Waals surface area contributed by atoms with Gasteiger partial charge in [-0.3, -0.25) is 0 Å². The number of aliphatic hydroxyl groups excluding tert-OH is 1. The molecule has 0 bridgehead atoms. The minimum Gasteiger partial charge on any atom is -0.479 e. The Balaban J connectivity index is 2.74. The van der Waals surface area contributed by atoms with Crippen LogP contribution in [0, 0.1) is 5.41 Å². The van der Waals surface area contributed by atoms with E-state index in [2.05, 4.69) is 13.8 Å². The Bertz CT molecular complexity index is 252. The van der Waals surface area contributed by atoms with Gasteiger partial charge in [0.15, 0.2) is 6.10 Å². The largest absolute Gasteiger partial charge is 0.479 e. The third-order valence-corrected chi connectivity index (χ3v) is 3.54. The van der Waals surface area contributed by atoms with E-state index >= 15 is 0 Å². The number of nitrogens with two attached hydrogens (primary N) is 1. The van der Waals surface area contributed by atoms with E-state index in [0.717, 1.165) is 19.3 Å². The molecule has 1 aliphatic carbocycles. The van der Waals surface area contributed by atoms with Crippen LogP contribution in [0.25, 0.3) is 0 Å². The molecule has 1 fully saturated rings. The summed E-state index contributed by atoms with van der Waals surface area (Å²) in [6, 6.07) is 0. The molecule has 0 spiro atoms. The minimum absolute atomic E-state index is 0.208. The molecule has 0 aromatic carbocycles. The van der Waals surface area contributed by atoms with Crippen molar-refractivity contribution in [2.75, 3.05) is 0 Å². The predicted molar refractivity (Wildman–Crippen MR) is 57.4 cm³/mol. The van der Waals surface area contributed by atoms with Gasteiger partial charge in [-0.25, -0.2) is 4.79 Å². The van der Waals surface area contributed by atoms with Gasteiger partial charge in [0.1, 0.15) is 0 Å². The number of carboxylic acid groups (broad SMARTS) is 1. The van der Waals surface area contributed by atoms with Gasteiger partial charge < -0.3 is 15.9 Å². The van der Waals surface area contributed by atoms with Crippen molar-refractivity contribution in [3.8, 4) is 0 Å². The van der Waals surface area contributed by atoms with Crippen LogP contribution in [0.5, 0.6) is 0 Å². The average molecular weight is 215 g/mol. The van der Waals surface area contributed by atoms with Crippen LogP contribution < -0.4 is 5.73 Å². The van der Waals surface area contributed by atoms with E-state index in [4.69, 9.17) is 10.8 Å². The van der Waals surface area contributed by atoms with Gasteiger partial charge in [0.2, 0.25) is 0 Å². The van der Waals surface area contributed by atoms with Crippen molar-refractivity contribution in [1.82, 2.24) is 0 Å². The second-order valence-corrected chi connectivity index (χ2v) is 5.49. The fourth-order valence-corrected chi connectivity index (χ4v) is 2.24. The van der Waals surface area contributed by atoms with Gasteiger partial charge >= 0.3 is 5.97 Å². The molecule has 0 aromatic heterocycles. The number of hydrogen-bond donors (Lipinski definition) is 3. The highest BCUT2D eigenvalue weighted by Crippen LogP contribution is 2.38. The molecule has 4 nitrogen and oxygen atoms in total. The van der Waals surface area contributed by atoms with Crippen molar-refractivity contribution in [2.24, 2.45) is 11.1 Å². The average Bonchev–Trinajstić information content (AvgIpc) is 2.25. The summed E-state index contributed by atoms with van der Waals surface area (Å²) < 4.78 is 0. The van der Waals surface area contributed by atoms with Crippen LogP contribution in [0.1, 0.15) is 46.0 Å². The van der Waals surface area contributed by atoms with E-state index in [-0.39, 0.29) is 5.41 Å². The summed E-state index contributed by atoms with van der Waals surface area (Å²) in [4.78, 5) is 10.7. The number of aliphatic carboxylic acids is 1. The summed E-state index contributed by atoms with van der Waals surface area (Å²) in [5, 5.41) is 18.4. The molecule has 0 aromatic rings. The summed E-state index contributed by atoms with van der Waals surface area (Å²) in [5.41, 5.74) is 5.26. The molecule has 1 rings (SSSR count). The molecule has 2 atom stereocenters. The first-order chi connectivity index (χ1) is 6.77. The molecule has 1 aliphatic rings. The standard InChI is InChI=1S/C11H21NO3/c1-10(2)4-3-5-11(12,7-6-10)8(13)9(14)15/h8,13H,3-7,12H2,1-2H3,(H,14,15). The molecule has 2 unspecified atom stereocenters. The highest BCUT2D eigenvalue weighted by atomic mass is 16.4. The lowest BCUT2D eigenvalue weighted by atomic mass is 9.82. The van der Waals surface area contributed by atoms with Crippen molar-refractivity contribution in [3.05, 3.63) is 0 Å². The smallest absolute Gasteiger partial charge is 0.334 e. The second kappa shape index (κ2) is 4.10. The Morgan fingerprint density at radius 2 is 1.87 bits per heavy atom. The van der Waals surface area contributed by atoms with Crippen molar-refractivity contribution < 1.29 is 15.0 Å². The van der Waals surface area contributed by atoms with E-state index in [9.17, 15) is 9.90 Å². The molecule has 88 valence electrons. The number of carbonyl (C=O) groups is 1. The molecule has 15 heavy (non-hydrogen) atoms. The molecule has 1 saturated carbocycles. The van der Waals surface area contributed by atoms with Crippen molar-refractivity contribution >= 4 is 5.97 Å². The predicted octanol–water partition coefficient (Wildman–Crippen LogP) is 1.12. The van der Waals surface area contributed by atoms with Crippen molar-refractivity contribution in [1.29, 1.82) is 0 Å². The zero-order valence-electron chi connectivity index (χ0n) is 9.49. The third-order valence-electron chi connectivity index (χ3n) is 3.54. The van der Waals surface area contributed by atoms with E-state index < -0.39 is 17.6 Å². The van der Waals surface area contributed by atoms with E-state index in [1.807, 2.05) is 0 Å². The lowest BCUT2D eigenvalue weighted by Gasteiger charge is -2.31. The van der Waals surface area contributed by atoms with Gasteiger partial charge in [-0.05, 0) is 31.1 Å². The molecule has 0 heterocycles. The maximum atomic E-state index is 10.7. The molecule has 4 N–H and O–H groups in total. The number of aliphatic hydroxyl groups is 1. The normalized spacial score (nSPS) is 33.1. The van der Waals surface area contributed by atoms with Gasteiger partial charge in [0.25, 0.3) is 0 Å². The first kappa shape index (κ1) is 12.5. The molecule has 0 radical (unpaired) electrons. The molecular formula is C11H21NO3. The molecule has 4 heteroatoms. The second-order valence-electron chi connectivity index (χ2n) is 5.49. The van der Waals surface area contributed by atoms with Gasteiger partial charge in [0, 0.05) is 0 Å². The van der Waals surface area contributed by atoms with Gasteiger partial charge in [-0.2, -0.15) is 0 Å².